The lowest BCUT2D eigenvalue weighted by Gasteiger charge is -2.10. The third-order valence-corrected chi connectivity index (χ3v) is 2.55. The highest BCUT2D eigenvalue weighted by molar-refractivity contribution is 7.92. The molecule has 104 valence electrons. The lowest BCUT2D eigenvalue weighted by atomic mass is 10.1. The predicted molar refractivity (Wildman–Crippen MR) is 75.5 cm³/mol. The highest BCUT2D eigenvalue weighted by Gasteiger charge is 2.08. The van der Waals surface area contributed by atoms with E-state index in [1.165, 1.54) is 12.4 Å². The molecule has 0 radical (unpaired) electrons. The van der Waals surface area contributed by atoms with E-state index in [2.05, 4.69) is 20.3 Å². The summed E-state index contributed by atoms with van der Waals surface area (Å²) in [6.45, 7) is 1.69. The molecule has 1 aromatic rings. The average molecular weight is 284 g/mol. The zero-order valence-electron chi connectivity index (χ0n) is 10.6. The minimum absolute atomic E-state index is 0.304. The second-order valence-corrected chi connectivity index (χ2v) is 5.34. The normalized spacial score (nSPS) is 12.4. The fourth-order valence-electron chi connectivity index (χ4n) is 1.27. The van der Waals surface area contributed by atoms with Crippen LogP contribution in [0.4, 0.5) is 5.69 Å². The number of rotatable bonds is 6. The fraction of sp³-hybridized carbons (Fsp3) is 0.182. The van der Waals surface area contributed by atoms with Crippen LogP contribution in [0, 0.1) is 0 Å². The van der Waals surface area contributed by atoms with Gasteiger partial charge in [-0.3, -0.25) is 9.66 Å². The van der Waals surface area contributed by atoms with Crippen LogP contribution in [-0.2, 0) is 15.0 Å². The molecule has 0 saturated heterocycles. The summed E-state index contributed by atoms with van der Waals surface area (Å²) in [4.78, 5) is 4.64. The molecule has 0 unspecified atom stereocenters. The van der Waals surface area contributed by atoms with Crippen molar-refractivity contribution in [3.63, 3.8) is 0 Å². The van der Waals surface area contributed by atoms with Gasteiger partial charge in [-0.15, -0.1) is 0 Å². The van der Waals surface area contributed by atoms with Crippen molar-refractivity contribution in [2.75, 3.05) is 11.0 Å². The zero-order chi connectivity index (χ0) is 14.3. The zero-order valence-corrected chi connectivity index (χ0v) is 11.4. The second-order valence-electron chi connectivity index (χ2n) is 3.59. The molecule has 8 heteroatoms. The molecule has 7 nitrogen and oxygen atoms in total. The summed E-state index contributed by atoms with van der Waals surface area (Å²) in [5.74, 6) is 0. The van der Waals surface area contributed by atoms with Crippen molar-refractivity contribution in [3.8, 4) is 0 Å². The summed E-state index contributed by atoms with van der Waals surface area (Å²) < 4.78 is 24.9. The van der Waals surface area contributed by atoms with E-state index in [0.29, 0.717) is 16.9 Å². The molecule has 0 atom stereocenters. The van der Waals surface area contributed by atoms with Gasteiger partial charge in [0, 0.05) is 11.8 Å². The molecule has 19 heavy (non-hydrogen) atoms. The summed E-state index contributed by atoms with van der Waals surface area (Å²) in [6, 6.07) is 6.75. The molecule has 0 aliphatic carbocycles. The molecular formula is C11H16N4O3S. The smallest absolute Gasteiger partial charge is 0.229 e. The van der Waals surface area contributed by atoms with Crippen LogP contribution < -0.4 is 15.9 Å². The van der Waals surface area contributed by atoms with E-state index in [1.54, 1.807) is 31.2 Å². The van der Waals surface area contributed by atoms with Crippen molar-refractivity contribution >= 4 is 27.6 Å². The standard InChI is InChI=1S/C11H16N4O3S/c1-3-13-18-14-8-10(12)9-6-4-5-7-11(9)15-19(2,16)17/h3-8,14-15H,12H2,1-2H3/b10-8-,13-3-. The summed E-state index contributed by atoms with van der Waals surface area (Å²) >= 11 is 0. The van der Waals surface area contributed by atoms with Crippen molar-refractivity contribution in [1.29, 1.82) is 0 Å². The van der Waals surface area contributed by atoms with Crippen molar-refractivity contribution < 1.29 is 13.4 Å². The van der Waals surface area contributed by atoms with Gasteiger partial charge in [0.2, 0.25) is 10.0 Å². The van der Waals surface area contributed by atoms with Gasteiger partial charge in [0.1, 0.15) is 0 Å². The largest absolute Gasteiger partial charge is 0.397 e. The van der Waals surface area contributed by atoms with E-state index in [0.717, 1.165) is 6.26 Å². The van der Waals surface area contributed by atoms with Gasteiger partial charge in [-0.05, 0) is 13.0 Å². The summed E-state index contributed by atoms with van der Waals surface area (Å²) in [5, 5.41) is 3.47. The molecule has 0 aliphatic rings. The minimum atomic E-state index is -3.37. The van der Waals surface area contributed by atoms with Crippen LogP contribution in [0.1, 0.15) is 12.5 Å². The number of oxime groups is 1. The van der Waals surface area contributed by atoms with Gasteiger partial charge < -0.3 is 5.73 Å². The number of nitrogens with two attached hydrogens (primary N) is 1. The average Bonchev–Trinajstić information content (AvgIpc) is 2.33. The number of anilines is 1. The Morgan fingerprint density at radius 3 is 2.74 bits per heavy atom. The van der Waals surface area contributed by atoms with Crippen LogP contribution in [0.15, 0.2) is 35.6 Å². The van der Waals surface area contributed by atoms with Crippen LogP contribution in [0.3, 0.4) is 0 Å². The second kappa shape index (κ2) is 6.64. The number of hydrogen-bond acceptors (Lipinski definition) is 6. The third kappa shape index (κ3) is 5.30. The maximum absolute atomic E-state index is 11.2. The Labute approximate surface area is 112 Å². The molecule has 1 rings (SSSR count). The molecule has 0 aromatic heterocycles. The van der Waals surface area contributed by atoms with E-state index in [1.807, 2.05) is 0 Å². The van der Waals surface area contributed by atoms with Crippen molar-refractivity contribution in [2.45, 2.75) is 6.92 Å². The number of sulfonamides is 1. The molecule has 0 bridgehead atoms. The van der Waals surface area contributed by atoms with Crippen molar-refractivity contribution in [2.24, 2.45) is 10.9 Å². The molecule has 1 aromatic carbocycles. The van der Waals surface area contributed by atoms with Crippen LogP contribution >= 0.6 is 0 Å². The monoisotopic (exact) mass is 284 g/mol. The van der Waals surface area contributed by atoms with Crippen LogP contribution in [-0.4, -0.2) is 20.9 Å². The Balaban J connectivity index is 2.93. The van der Waals surface area contributed by atoms with E-state index < -0.39 is 10.0 Å². The molecular weight excluding hydrogens is 268 g/mol. The first-order valence-corrected chi connectivity index (χ1v) is 7.25. The highest BCUT2D eigenvalue weighted by Crippen LogP contribution is 2.20. The lowest BCUT2D eigenvalue weighted by molar-refractivity contribution is 0.0798. The Kier molecular flexibility index (Phi) is 5.19. The first-order valence-electron chi connectivity index (χ1n) is 5.36. The van der Waals surface area contributed by atoms with Crippen LogP contribution in [0.2, 0.25) is 0 Å². The summed E-state index contributed by atoms with van der Waals surface area (Å²) in [7, 11) is -3.37. The number of hydroxylamine groups is 1. The molecule has 4 N–H and O–H groups in total. The Morgan fingerprint density at radius 2 is 2.11 bits per heavy atom. The Hall–Kier alpha value is -2.22. The molecule has 0 fully saturated rings. The quantitative estimate of drug-likeness (QED) is 0.408. The topological polar surface area (TPSA) is 106 Å². The van der Waals surface area contributed by atoms with E-state index in [4.69, 9.17) is 5.73 Å². The fourth-order valence-corrected chi connectivity index (χ4v) is 1.85. The number of benzene rings is 1. The maximum Gasteiger partial charge on any atom is 0.229 e. The molecule has 0 spiro atoms. The van der Waals surface area contributed by atoms with Gasteiger partial charge in [0.25, 0.3) is 0 Å². The summed E-state index contributed by atoms with van der Waals surface area (Å²) in [6.07, 6.45) is 3.90. The third-order valence-electron chi connectivity index (χ3n) is 1.96. The first-order chi connectivity index (χ1) is 8.94. The van der Waals surface area contributed by atoms with Gasteiger partial charge in [-0.2, -0.15) is 0 Å². The number of nitrogens with zero attached hydrogens (tertiary/aromatic N) is 1. The molecule has 0 amide bonds. The predicted octanol–water partition coefficient (Wildman–Crippen LogP) is 0.842. The Bertz CT molecular complexity index is 581. The van der Waals surface area contributed by atoms with Crippen LogP contribution in [0.5, 0.6) is 0 Å². The molecule has 0 saturated carbocycles. The summed E-state index contributed by atoms with van der Waals surface area (Å²) in [5.41, 5.74) is 9.47. The van der Waals surface area contributed by atoms with Gasteiger partial charge in [-0.25, -0.2) is 13.9 Å². The van der Waals surface area contributed by atoms with Crippen molar-refractivity contribution in [3.05, 3.63) is 36.0 Å². The SMILES string of the molecule is C/C=N\ON/C=C(\N)c1ccccc1NS(C)(=O)=O. The molecule has 0 heterocycles. The van der Waals surface area contributed by atoms with Gasteiger partial charge in [-0.1, -0.05) is 23.4 Å². The van der Waals surface area contributed by atoms with E-state index in [9.17, 15) is 8.42 Å². The first kappa shape index (κ1) is 14.8. The van der Waals surface area contributed by atoms with Gasteiger partial charge in [0.15, 0.2) is 0 Å². The highest BCUT2D eigenvalue weighted by atomic mass is 32.2. The van der Waals surface area contributed by atoms with Crippen LogP contribution in [0.25, 0.3) is 5.70 Å². The minimum Gasteiger partial charge on any atom is -0.397 e. The maximum atomic E-state index is 11.2. The van der Waals surface area contributed by atoms with Gasteiger partial charge in [0.05, 0.1) is 23.8 Å². The van der Waals surface area contributed by atoms with E-state index in [-0.39, 0.29) is 0 Å². The van der Waals surface area contributed by atoms with E-state index >= 15 is 0 Å². The number of nitrogens with one attached hydrogen (secondary N) is 2. The Morgan fingerprint density at radius 1 is 1.42 bits per heavy atom. The molecule has 0 aliphatic heterocycles. The van der Waals surface area contributed by atoms with Gasteiger partial charge >= 0.3 is 0 Å². The lowest BCUT2D eigenvalue weighted by Crippen LogP contribution is -2.13. The van der Waals surface area contributed by atoms with Crippen molar-refractivity contribution in [1.82, 2.24) is 5.48 Å². The number of hydrogen-bond donors (Lipinski definition) is 3. The number of para-hydroxylation sites is 1.